The summed E-state index contributed by atoms with van der Waals surface area (Å²) in [7, 11) is 1.17. The molecule has 1 heterocycles. The molecule has 17 heteroatoms. The van der Waals surface area contributed by atoms with Crippen LogP contribution in [-0.4, -0.2) is 34.0 Å². The molecule has 0 unspecified atom stereocenters. The van der Waals surface area contributed by atoms with E-state index >= 15 is 4.39 Å². The van der Waals surface area contributed by atoms with E-state index in [1.807, 2.05) is 0 Å². The number of aromatic carboxylic acids is 1. The lowest BCUT2D eigenvalue weighted by atomic mass is 9.93. The standard InChI is InChI=1S/C34H26F10N2O5/c1-16-9-17(30(47)48)3-4-21(16)23-13-24(27(50-2)14-25(23)35)22-5-6-28(34(42,43)44)46-26(22)15-45-31(7-8-31)29(51-49)18-10-19(32(36,37)38)12-20(11-18)33(39,40)41/h3-6,9-14,29,45,49H,7-8,15H2,1-2H3,(H,47,48)/t29-/m1/s1. The van der Waals surface area contributed by atoms with Gasteiger partial charge in [0.15, 0.2) is 0 Å². The maximum absolute atomic E-state index is 15.4. The van der Waals surface area contributed by atoms with Crippen molar-refractivity contribution < 1.29 is 68.7 Å². The minimum Gasteiger partial charge on any atom is -0.496 e. The fourth-order valence-corrected chi connectivity index (χ4v) is 5.82. The normalized spacial score (nSPS) is 15.1. The second kappa shape index (κ2) is 13.4. The van der Waals surface area contributed by atoms with Crippen molar-refractivity contribution in [1.29, 1.82) is 0 Å². The molecule has 1 saturated carbocycles. The molecule has 0 radical (unpaired) electrons. The lowest BCUT2D eigenvalue weighted by Gasteiger charge is -2.27. The summed E-state index contributed by atoms with van der Waals surface area (Å²) in [5.74, 6) is -2.19. The number of aryl methyl sites for hydroxylation is 1. The number of pyridine rings is 1. The molecule has 4 aromatic rings. The number of hydrogen-bond acceptors (Lipinski definition) is 6. The van der Waals surface area contributed by atoms with Gasteiger partial charge in [0.05, 0.1) is 35.0 Å². The number of carboxylic acids is 1. The number of carboxylic acid groups (broad SMARTS) is 1. The van der Waals surface area contributed by atoms with Crippen molar-refractivity contribution in [3.8, 4) is 28.0 Å². The van der Waals surface area contributed by atoms with Gasteiger partial charge >= 0.3 is 24.5 Å². The average Bonchev–Trinajstić information content (AvgIpc) is 3.83. The van der Waals surface area contributed by atoms with Gasteiger partial charge in [0.1, 0.15) is 23.4 Å². The third-order valence-electron chi connectivity index (χ3n) is 8.52. The monoisotopic (exact) mass is 732 g/mol. The van der Waals surface area contributed by atoms with E-state index in [0.717, 1.165) is 12.1 Å². The SMILES string of the molecule is COc1cc(F)c(-c2ccc(C(=O)O)cc2C)cc1-c1ccc(C(F)(F)F)nc1CNC1([C@H](OO)c2cc(C(F)(F)F)cc(C(F)(F)F)c2)CC1. The Bertz CT molecular complexity index is 1940. The van der Waals surface area contributed by atoms with E-state index in [1.165, 1.54) is 38.3 Å². The summed E-state index contributed by atoms with van der Waals surface area (Å²) in [6.07, 6.45) is -17.2. The Morgan fingerprint density at radius 2 is 1.45 bits per heavy atom. The van der Waals surface area contributed by atoms with Gasteiger partial charge in [0, 0.05) is 29.3 Å². The van der Waals surface area contributed by atoms with E-state index in [-0.39, 0.29) is 58.2 Å². The largest absolute Gasteiger partial charge is 0.496 e. The average molecular weight is 733 g/mol. The van der Waals surface area contributed by atoms with E-state index in [4.69, 9.17) is 4.74 Å². The Kier molecular flexibility index (Phi) is 9.88. The first-order valence-corrected chi connectivity index (χ1v) is 14.8. The Morgan fingerprint density at radius 3 is 1.94 bits per heavy atom. The molecular weight excluding hydrogens is 706 g/mol. The molecule has 7 nitrogen and oxygen atoms in total. The van der Waals surface area contributed by atoms with Gasteiger partial charge in [-0.2, -0.15) is 39.5 Å². The first kappa shape index (κ1) is 37.5. The van der Waals surface area contributed by atoms with Gasteiger partial charge in [-0.3, -0.25) is 5.26 Å². The molecule has 0 bridgehead atoms. The molecule has 0 aliphatic heterocycles. The number of nitrogens with one attached hydrogen (secondary N) is 1. The summed E-state index contributed by atoms with van der Waals surface area (Å²) in [6, 6.07) is 8.46. The highest BCUT2D eigenvalue weighted by molar-refractivity contribution is 5.89. The second-order valence-electron chi connectivity index (χ2n) is 11.9. The summed E-state index contributed by atoms with van der Waals surface area (Å²) in [6.45, 7) is 0.934. The van der Waals surface area contributed by atoms with Gasteiger partial charge < -0.3 is 15.2 Å². The molecule has 1 atom stereocenters. The van der Waals surface area contributed by atoms with Crippen LogP contribution in [0.15, 0.2) is 60.7 Å². The molecule has 0 saturated heterocycles. The highest BCUT2D eigenvalue weighted by Crippen LogP contribution is 2.50. The number of ether oxygens (including phenoxy) is 1. The van der Waals surface area contributed by atoms with Gasteiger partial charge in [-0.05, 0) is 78.9 Å². The summed E-state index contributed by atoms with van der Waals surface area (Å²) in [4.78, 5) is 19.6. The number of carbonyl (C=O) groups is 1. The minimum atomic E-state index is -5.21. The first-order chi connectivity index (χ1) is 23.7. The van der Waals surface area contributed by atoms with Crippen LogP contribution in [0.5, 0.6) is 5.75 Å². The maximum atomic E-state index is 15.4. The number of rotatable bonds is 10. The molecule has 0 amide bonds. The number of nitrogens with zero attached hydrogens (tertiary/aromatic N) is 1. The molecule has 1 aromatic heterocycles. The van der Waals surface area contributed by atoms with Crippen LogP contribution in [0.3, 0.4) is 0 Å². The fourth-order valence-electron chi connectivity index (χ4n) is 5.82. The second-order valence-corrected chi connectivity index (χ2v) is 11.9. The third kappa shape index (κ3) is 7.79. The van der Waals surface area contributed by atoms with Crippen molar-refractivity contribution in [3.05, 3.63) is 106 Å². The number of alkyl halides is 9. The van der Waals surface area contributed by atoms with Crippen LogP contribution in [0.4, 0.5) is 43.9 Å². The molecule has 3 aromatic carbocycles. The lowest BCUT2D eigenvalue weighted by Crippen LogP contribution is -2.38. The summed E-state index contributed by atoms with van der Waals surface area (Å²) < 4.78 is 144. The van der Waals surface area contributed by atoms with Crippen molar-refractivity contribution in [3.63, 3.8) is 0 Å². The molecule has 1 fully saturated rings. The molecule has 1 aliphatic carbocycles. The van der Waals surface area contributed by atoms with Crippen LogP contribution >= 0.6 is 0 Å². The molecule has 0 spiro atoms. The van der Waals surface area contributed by atoms with Crippen molar-refractivity contribution in [2.24, 2.45) is 0 Å². The van der Waals surface area contributed by atoms with Crippen molar-refractivity contribution in [1.82, 2.24) is 10.3 Å². The quantitative estimate of drug-likeness (QED) is 0.0849. The zero-order chi connectivity index (χ0) is 37.7. The number of methoxy groups -OCH3 is 1. The van der Waals surface area contributed by atoms with Crippen LogP contribution < -0.4 is 10.1 Å². The van der Waals surface area contributed by atoms with Crippen molar-refractivity contribution in [2.75, 3.05) is 7.11 Å². The minimum absolute atomic E-state index is 0.0136. The van der Waals surface area contributed by atoms with Crippen LogP contribution in [-0.2, 0) is 30.0 Å². The first-order valence-electron chi connectivity index (χ1n) is 14.8. The topological polar surface area (TPSA) is 101 Å². The molecule has 5 rings (SSSR count). The number of hydrogen-bond donors (Lipinski definition) is 3. The van der Waals surface area contributed by atoms with Gasteiger partial charge in [-0.15, -0.1) is 0 Å². The van der Waals surface area contributed by atoms with E-state index < -0.39 is 70.9 Å². The zero-order valence-corrected chi connectivity index (χ0v) is 26.3. The van der Waals surface area contributed by atoms with Crippen LogP contribution in [0, 0.1) is 12.7 Å². The lowest BCUT2D eigenvalue weighted by molar-refractivity contribution is -0.291. The highest BCUT2D eigenvalue weighted by Gasteiger charge is 2.52. The summed E-state index contributed by atoms with van der Waals surface area (Å²) in [5.41, 5.74) is -6.79. The predicted molar refractivity (Wildman–Crippen MR) is 160 cm³/mol. The Labute approximate surface area is 282 Å². The van der Waals surface area contributed by atoms with Crippen molar-refractivity contribution >= 4 is 5.97 Å². The van der Waals surface area contributed by atoms with Crippen LogP contribution in [0.1, 0.15) is 62.9 Å². The van der Waals surface area contributed by atoms with E-state index in [2.05, 4.69) is 15.2 Å². The molecule has 1 aliphatic rings. The molecular formula is C34H26F10N2O5. The Hall–Kier alpha value is -4.74. The summed E-state index contributed by atoms with van der Waals surface area (Å²) >= 11 is 0. The van der Waals surface area contributed by atoms with E-state index in [1.54, 1.807) is 0 Å². The highest BCUT2D eigenvalue weighted by atomic mass is 19.4. The van der Waals surface area contributed by atoms with Gasteiger partial charge in [0.25, 0.3) is 0 Å². The van der Waals surface area contributed by atoms with E-state index in [0.29, 0.717) is 23.8 Å². The van der Waals surface area contributed by atoms with Gasteiger partial charge in [-0.25, -0.2) is 19.1 Å². The third-order valence-corrected chi connectivity index (χ3v) is 8.52. The number of aromatic nitrogens is 1. The Balaban J connectivity index is 1.59. The molecule has 272 valence electrons. The van der Waals surface area contributed by atoms with Gasteiger partial charge in [-0.1, -0.05) is 12.1 Å². The molecule has 3 N–H and O–H groups in total. The van der Waals surface area contributed by atoms with Crippen molar-refractivity contribution in [2.45, 2.75) is 56.5 Å². The van der Waals surface area contributed by atoms with Gasteiger partial charge in [0.2, 0.25) is 0 Å². The zero-order valence-electron chi connectivity index (χ0n) is 26.3. The molecule has 51 heavy (non-hydrogen) atoms. The maximum Gasteiger partial charge on any atom is 0.433 e. The van der Waals surface area contributed by atoms with E-state index in [9.17, 15) is 54.7 Å². The Morgan fingerprint density at radius 1 is 0.843 bits per heavy atom. The smallest absolute Gasteiger partial charge is 0.433 e. The van der Waals surface area contributed by atoms with Crippen LogP contribution in [0.25, 0.3) is 22.3 Å². The predicted octanol–water partition coefficient (Wildman–Crippen LogP) is 9.48. The summed E-state index contributed by atoms with van der Waals surface area (Å²) in [5, 5.41) is 21.9. The number of halogens is 10. The van der Waals surface area contributed by atoms with Crippen LogP contribution in [0.2, 0.25) is 0 Å². The fraction of sp³-hybridized carbons (Fsp3) is 0.294. The number of benzene rings is 3.